The van der Waals surface area contributed by atoms with E-state index in [0.717, 1.165) is 10.1 Å². The summed E-state index contributed by atoms with van der Waals surface area (Å²) in [7, 11) is 0. The van der Waals surface area contributed by atoms with Crippen molar-refractivity contribution < 1.29 is 23.9 Å². The van der Waals surface area contributed by atoms with Crippen molar-refractivity contribution in [3.05, 3.63) is 46.5 Å². The summed E-state index contributed by atoms with van der Waals surface area (Å²) >= 11 is 1.33. The first-order valence-corrected chi connectivity index (χ1v) is 9.48. The predicted octanol–water partition coefficient (Wildman–Crippen LogP) is 2.97. The van der Waals surface area contributed by atoms with Gasteiger partial charge in [-0.05, 0) is 30.9 Å². The molecule has 7 nitrogen and oxygen atoms in total. The zero-order valence-electron chi connectivity index (χ0n) is 15.0. The number of amides is 2. The first-order valence-electron chi connectivity index (χ1n) is 8.66. The number of fused-ring (bicyclic) bond motifs is 1. The van der Waals surface area contributed by atoms with Crippen LogP contribution in [0, 0.1) is 0 Å². The monoisotopic (exact) mass is 388 g/mol. The molecule has 0 saturated heterocycles. The summed E-state index contributed by atoms with van der Waals surface area (Å²) in [6.07, 6.45) is 0.509. The molecule has 2 heterocycles. The Morgan fingerprint density at radius 2 is 1.93 bits per heavy atom. The van der Waals surface area contributed by atoms with Crippen LogP contribution in [0.2, 0.25) is 0 Å². The number of hydrogen-bond donors (Lipinski definition) is 2. The molecule has 0 unspecified atom stereocenters. The lowest BCUT2D eigenvalue weighted by Gasteiger charge is -2.28. The Hall–Kier alpha value is -2.87. The van der Waals surface area contributed by atoms with E-state index in [4.69, 9.17) is 9.47 Å². The Kier molecular flexibility index (Phi) is 5.75. The van der Waals surface area contributed by atoms with E-state index in [1.165, 1.54) is 11.3 Å². The summed E-state index contributed by atoms with van der Waals surface area (Å²) in [5.74, 6) is -1.04. The molecule has 142 valence electrons. The van der Waals surface area contributed by atoms with Gasteiger partial charge in [-0.15, -0.1) is 11.3 Å². The van der Waals surface area contributed by atoms with Crippen molar-refractivity contribution in [1.29, 1.82) is 0 Å². The van der Waals surface area contributed by atoms with Gasteiger partial charge in [0.05, 0.1) is 23.9 Å². The Morgan fingerprint density at radius 1 is 1.15 bits per heavy atom. The van der Waals surface area contributed by atoms with Crippen LogP contribution in [0.1, 0.15) is 29.9 Å². The maximum absolute atomic E-state index is 12.4. The van der Waals surface area contributed by atoms with Crippen molar-refractivity contribution in [3.63, 3.8) is 0 Å². The molecule has 2 N–H and O–H groups in total. The molecule has 3 rings (SSSR count). The van der Waals surface area contributed by atoms with Crippen LogP contribution in [0.25, 0.3) is 10.1 Å². The largest absolute Gasteiger partial charge is 0.463 e. The first-order chi connectivity index (χ1) is 13.0. The van der Waals surface area contributed by atoms with Crippen molar-refractivity contribution in [2.45, 2.75) is 26.3 Å². The first kappa shape index (κ1) is 18.9. The van der Waals surface area contributed by atoms with E-state index >= 15 is 0 Å². The molecule has 0 radical (unpaired) electrons. The normalized spacial score (nSPS) is 16.7. The second-order valence-corrected chi connectivity index (χ2v) is 6.98. The standard InChI is InChI=1S/C19H20N2O5S/c1-3-12-16(18(23)25-4-2)13(21-19(24)20-12)10-26-17(22)15-9-11-7-5-6-8-14(11)27-15/h5-9,12H,3-4,10H2,1-2H3,(H2,20,21,24)/t12-/m1/s1. The minimum absolute atomic E-state index is 0.210. The average Bonchev–Trinajstić information content (AvgIpc) is 3.10. The van der Waals surface area contributed by atoms with Gasteiger partial charge in [0.25, 0.3) is 0 Å². The number of carbonyl (C=O) groups excluding carboxylic acids is 3. The van der Waals surface area contributed by atoms with Gasteiger partial charge < -0.3 is 20.1 Å². The highest BCUT2D eigenvalue weighted by Gasteiger charge is 2.32. The molecular weight excluding hydrogens is 368 g/mol. The maximum atomic E-state index is 12.4. The highest BCUT2D eigenvalue weighted by molar-refractivity contribution is 7.20. The number of urea groups is 1. The van der Waals surface area contributed by atoms with E-state index in [2.05, 4.69) is 10.6 Å². The minimum Gasteiger partial charge on any atom is -0.463 e. The highest BCUT2D eigenvalue weighted by atomic mass is 32.1. The van der Waals surface area contributed by atoms with Crippen molar-refractivity contribution in [2.24, 2.45) is 0 Å². The van der Waals surface area contributed by atoms with Crippen LogP contribution in [-0.2, 0) is 14.3 Å². The van der Waals surface area contributed by atoms with Gasteiger partial charge in [-0.1, -0.05) is 25.1 Å². The van der Waals surface area contributed by atoms with Crippen LogP contribution in [0.4, 0.5) is 4.79 Å². The lowest BCUT2D eigenvalue weighted by Crippen LogP contribution is -2.51. The van der Waals surface area contributed by atoms with Crippen LogP contribution in [-0.4, -0.2) is 37.2 Å². The third kappa shape index (κ3) is 4.11. The van der Waals surface area contributed by atoms with E-state index < -0.39 is 24.0 Å². The number of nitrogens with one attached hydrogen (secondary N) is 2. The van der Waals surface area contributed by atoms with E-state index in [-0.39, 0.29) is 24.5 Å². The molecule has 0 aliphatic carbocycles. The van der Waals surface area contributed by atoms with Crippen LogP contribution < -0.4 is 10.6 Å². The summed E-state index contributed by atoms with van der Waals surface area (Å²) in [6, 6.07) is 8.48. The topological polar surface area (TPSA) is 93.7 Å². The molecule has 1 aromatic heterocycles. The minimum atomic E-state index is -0.537. The molecule has 0 fully saturated rings. The van der Waals surface area contributed by atoms with Crippen LogP contribution >= 0.6 is 11.3 Å². The highest BCUT2D eigenvalue weighted by Crippen LogP contribution is 2.26. The quantitative estimate of drug-likeness (QED) is 0.742. The lowest BCUT2D eigenvalue weighted by atomic mass is 10.0. The SMILES string of the molecule is CCOC(=O)C1=C(COC(=O)c2cc3ccccc3s2)NC(=O)N[C@@H]1CC. The number of ether oxygens (including phenoxy) is 2. The van der Waals surface area contributed by atoms with E-state index in [1.54, 1.807) is 13.0 Å². The molecule has 2 amide bonds. The number of rotatable bonds is 6. The molecule has 1 aromatic carbocycles. The number of carbonyl (C=O) groups is 3. The number of hydrogen-bond acceptors (Lipinski definition) is 6. The zero-order chi connectivity index (χ0) is 19.4. The van der Waals surface area contributed by atoms with Gasteiger partial charge in [0, 0.05) is 4.70 Å². The zero-order valence-corrected chi connectivity index (χ0v) is 15.9. The van der Waals surface area contributed by atoms with Gasteiger partial charge in [0.2, 0.25) is 0 Å². The van der Waals surface area contributed by atoms with Crippen molar-refractivity contribution in [2.75, 3.05) is 13.2 Å². The molecule has 2 aromatic rings. The van der Waals surface area contributed by atoms with E-state index in [1.807, 2.05) is 31.2 Å². The Labute approximate surface area is 160 Å². The third-order valence-corrected chi connectivity index (χ3v) is 5.22. The van der Waals surface area contributed by atoms with Gasteiger partial charge in [0.1, 0.15) is 11.5 Å². The van der Waals surface area contributed by atoms with Gasteiger partial charge in [-0.2, -0.15) is 0 Å². The molecule has 8 heteroatoms. The average molecular weight is 388 g/mol. The van der Waals surface area contributed by atoms with Gasteiger partial charge >= 0.3 is 18.0 Å². The molecule has 0 saturated carbocycles. The molecule has 1 atom stereocenters. The molecule has 1 aliphatic heterocycles. The number of esters is 2. The van der Waals surface area contributed by atoms with Gasteiger partial charge in [-0.25, -0.2) is 14.4 Å². The van der Waals surface area contributed by atoms with Crippen molar-refractivity contribution in [3.8, 4) is 0 Å². The Morgan fingerprint density at radius 3 is 2.63 bits per heavy atom. The molecule has 0 spiro atoms. The van der Waals surface area contributed by atoms with E-state index in [0.29, 0.717) is 11.3 Å². The Bertz CT molecular complexity index is 885. The fraction of sp³-hybridized carbons (Fsp3) is 0.316. The number of benzene rings is 1. The van der Waals surface area contributed by atoms with Crippen LogP contribution in [0.3, 0.4) is 0 Å². The summed E-state index contributed by atoms with van der Waals surface area (Å²) in [5.41, 5.74) is 0.529. The lowest BCUT2D eigenvalue weighted by molar-refractivity contribution is -0.139. The summed E-state index contributed by atoms with van der Waals surface area (Å²) < 4.78 is 11.4. The summed E-state index contributed by atoms with van der Waals surface area (Å²) in [5, 5.41) is 6.19. The molecule has 0 bridgehead atoms. The van der Waals surface area contributed by atoms with Gasteiger partial charge in [0.15, 0.2) is 0 Å². The second kappa shape index (κ2) is 8.22. The smallest absolute Gasteiger partial charge is 0.348 e. The van der Waals surface area contributed by atoms with Crippen LogP contribution in [0.15, 0.2) is 41.6 Å². The third-order valence-electron chi connectivity index (χ3n) is 4.12. The molecular formula is C19H20N2O5S. The van der Waals surface area contributed by atoms with Crippen LogP contribution in [0.5, 0.6) is 0 Å². The van der Waals surface area contributed by atoms with E-state index in [9.17, 15) is 14.4 Å². The molecule has 1 aliphatic rings. The second-order valence-electron chi connectivity index (χ2n) is 5.90. The Balaban J connectivity index is 1.80. The summed E-state index contributed by atoms with van der Waals surface area (Å²) in [4.78, 5) is 37.0. The fourth-order valence-electron chi connectivity index (χ4n) is 2.87. The maximum Gasteiger partial charge on any atom is 0.348 e. The molecule has 27 heavy (non-hydrogen) atoms. The van der Waals surface area contributed by atoms with Crippen molar-refractivity contribution in [1.82, 2.24) is 10.6 Å². The number of thiophene rings is 1. The van der Waals surface area contributed by atoms with Gasteiger partial charge in [-0.3, -0.25) is 0 Å². The summed E-state index contributed by atoms with van der Waals surface area (Å²) in [6.45, 7) is 3.54. The fourth-order valence-corrected chi connectivity index (χ4v) is 3.82. The predicted molar refractivity (Wildman–Crippen MR) is 102 cm³/mol. The van der Waals surface area contributed by atoms with Crippen molar-refractivity contribution >= 4 is 39.4 Å².